The minimum Gasteiger partial charge on any atom is -0.381 e. The lowest BCUT2D eigenvalue weighted by molar-refractivity contribution is 0.0278. The quantitative estimate of drug-likeness (QED) is 0.753. The Morgan fingerprint density at radius 3 is 2.72 bits per heavy atom. The topological polar surface area (TPSA) is 50.6 Å². The van der Waals surface area contributed by atoms with E-state index in [9.17, 15) is 4.79 Å². The molecule has 4 rings (SSSR count). The third kappa shape index (κ3) is 4.54. The first-order valence-corrected chi connectivity index (χ1v) is 10.8. The van der Waals surface area contributed by atoms with Gasteiger partial charge < -0.3 is 9.64 Å². The van der Waals surface area contributed by atoms with Crippen LogP contribution in [0.25, 0.3) is 0 Å². The molecule has 0 aliphatic carbocycles. The molecular weight excluding hydrogens is 364 g/mol. The highest BCUT2D eigenvalue weighted by atomic mass is 16.5. The Bertz CT molecular complexity index is 841. The van der Waals surface area contributed by atoms with Gasteiger partial charge in [0.05, 0.1) is 11.8 Å². The van der Waals surface area contributed by atoms with Crippen molar-refractivity contribution in [2.75, 3.05) is 32.8 Å². The SMILES string of the molecule is Cc1c(C(=O)N(CCCN2CCc3ccccc3C2)C2CCOCC2)cnn1C. The molecule has 1 amide bonds. The normalized spacial score (nSPS) is 17.9. The van der Waals surface area contributed by atoms with Crippen molar-refractivity contribution in [2.24, 2.45) is 7.05 Å². The number of fused-ring (bicyclic) bond motifs is 1. The van der Waals surface area contributed by atoms with Crippen molar-refractivity contribution in [3.8, 4) is 0 Å². The van der Waals surface area contributed by atoms with Gasteiger partial charge in [0.15, 0.2) is 0 Å². The van der Waals surface area contributed by atoms with E-state index in [4.69, 9.17) is 4.74 Å². The van der Waals surface area contributed by atoms with Crippen LogP contribution in [-0.2, 0) is 24.8 Å². The average Bonchev–Trinajstić information content (AvgIpc) is 3.10. The summed E-state index contributed by atoms with van der Waals surface area (Å²) in [4.78, 5) is 17.9. The molecule has 0 unspecified atom stereocenters. The fourth-order valence-electron chi connectivity index (χ4n) is 4.52. The van der Waals surface area contributed by atoms with Crippen molar-refractivity contribution in [3.63, 3.8) is 0 Å². The number of hydrogen-bond donors (Lipinski definition) is 0. The highest BCUT2D eigenvalue weighted by Gasteiger charge is 2.28. The number of nitrogens with zero attached hydrogens (tertiary/aromatic N) is 4. The molecule has 0 bridgehead atoms. The van der Waals surface area contributed by atoms with Crippen LogP contribution in [0.5, 0.6) is 0 Å². The highest BCUT2D eigenvalue weighted by Crippen LogP contribution is 2.21. The first-order valence-electron chi connectivity index (χ1n) is 10.8. The Balaban J connectivity index is 1.39. The summed E-state index contributed by atoms with van der Waals surface area (Å²) in [6, 6.07) is 9.01. The van der Waals surface area contributed by atoms with E-state index in [0.717, 1.165) is 76.3 Å². The Morgan fingerprint density at radius 1 is 1.24 bits per heavy atom. The number of carbonyl (C=O) groups excluding carboxylic acids is 1. The van der Waals surface area contributed by atoms with Gasteiger partial charge in [-0.2, -0.15) is 5.10 Å². The van der Waals surface area contributed by atoms with E-state index in [1.807, 2.05) is 14.0 Å². The van der Waals surface area contributed by atoms with Gasteiger partial charge in [-0.3, -0.25) is 14.4 Å². The summed E-state index contributed by atoms with van der Waals surface area (Å²) in [5.74, 6) is 0.117. The molecule has 2 aliphatic heterocycles. The zero-order valence-corrected chi connectivity index (χ0v) is 17.6. The van der Waals surface area contributed by atoms with Crippen LogP contribution in [0.3, 0.4) is 0 Å². The number of hydrogen-bond acceptors (Lipinski definition) is 4. The minimum atomic E-state index is 0.117. The highest BCUT2D eigenvalue weighted by molar-refractivity contribution is 5.95. The Hall–Kier alpha value is -2.18. The third-order valence-electron chi connectivity index (χ3n) is 6.44. The second-order valence-corrected chi connectivity index (χ2v) is 8.26. The predicted octanol–water partition coefficient (Wildman–Crippen LogP) is 2.80. The lowest BCUT2D eigenvalue weighted by Crippen LogP contribution is -2.45. The Labute approximate surface area is 173 Å². The number of rotatable bonds is 6. The number of aryl methyl sites for hydroxylation is 1. The summed E-state index contributed by atoms with van der Waals surface area (Å²) < 4.78 is 7.31. The molecule has 1 fully saturated rings. The molecule has 2 aliphatic rings. The monoisotopic (exact) mass is 396 g/mol. The van der Waals surface area contributed by atoms with Gasteiger partial charge in [0.1, 0.15) is 0 Å². The fraction of sp³-hybridized carbons (Fsp3) is 0.565. The molecule has 0 atom stereocenters. The summed E-state index contributed by atoms with van der Waals surface area (Å²) in [6.45, 7) is 7.37. The zero-order valence-electron chi connectivity index (χ0n) is 17.6. The van der Waals surface area contributed by atoms with E-state index in [-0.39, 0.29) is 11.9 Å². The maximum absolute atomic E-state index is 13.3. The molecule has 0 saturated carbocycles. The summed E-state index contributed by atoms with van der Waals surface area (Å²) in [6.07, 6.45) is 5.66. The molecule has 0 spiro atoms. The average molecular weight is 397 g/mol. The summed E-state index contributed by atoms with van der Waals surface area (Å²) in [5, 5.41) is 4.28. The lowest BCUT2D eigenvalue weighted by atomic mass is 10.00. The number of carbonyl (C=O) groups is 1. The molecule has 1 saturated heterocycles. The maximum atomic E-state index is 13.3. The van der Waals surface area contributed by atoms with Gasteiger partial charge in [-0.1, -0.05) is 24.3 Å². The first-order chi connectivity index (χ1) is 14.1. The number of amides is 1. The van der Waals surface area contributed by atoms with Crippen molar-refractivity contribution >= 4 is 5.91 Å². The molecule has 1 aromatic heterocycles. The first kappa shape index (κ1) is 20.1. The Kier molecular flexibility index (Phi) is 6.31. The Morgan fingerprint density at radius 2 is 2.00 bits per heavy atom. The summed E-state index contributed by atoms with van der Waals surface area (Å²) in [5.41, 5.74) is 4.59. The van der Waals surface area contributed by atoms with Crippen molar-refractivity contribution in [1.29, 1.82) is 0 Å². The minimum absolute atomic E-state index is 0.117. The van der Waals surface area contributed by atoms with Crippen LogP contribution in [0.1, 0.15) is 46.4 Å². The predicted molar refractivity (Wildman–Crippen MR) is 113 cm³/mol. The van der Waals surface area contributed by atoms with Crippen molar-refractivity contribution in [3.05, 3.63) is 52.8 Å². The fourth-order valence-corrected chi connectivity index (χ4v) is 4.52. The smallest absolute Gasteiger partial charge is 0.257 e. The van der Waals surface area contributed by atoms with E-state index >= 15 is 0 Å². The zero-order chi connectivity index (χ0) is 20.2. The van der Waals surface area contributed by atoms with Crippen molar-refractivity contribution in [2.45, 2.75) is 45.2 Å². The second-order valence-electron chi connectivity index (χ2n) is 8.26. The standard InChI is InChI=1S/C23H32N4O2/c1-18-22(16-24-25(18)2)23(28)27(21-9-14-29-15-10-21)12-5-11-26-13-8-19-6-3-4-7-20(19)17-26/h3-4,6-7,16,21H,5,8-15,17H2,1-2H3. The van der Waals surface area contributed by atoms with Crippen LogP contribution in [0.2, 0.25) is 0 Å². The molecule has 6 nitrogen and oxygen atoms in total. The third-order valence-corrected chi connectivity index (χ3v) is 6.44. The van der Waals surface area contributed by atoms with E-state index in [1.54, 1.807) is 10.9 Å². The lowest BCUT2D eigenvalue weighted by Gasteiger charge is -2.35. The number of benzene rings is 1. The van der Waals surface area contributed by atoms with Crippen molar-refractivity contribution < 1.29 is 9.53 Å². The summed E-state index contributed by atoms with van der Waals surface area (Å²) in [7, 11) is 1.89. The van der Waals surface area contributed by atoms with Gasteiger partial charge in [0, 0.05) is 58.2 Å². The van der Waals surface area contributed by atoms with Crippen LogP contribution in [0.4, 0.5) is 0 Å². The van der Waals surface area contributed by atoms with Gasteiger partial charge in [0.25, 0.3) is 5.91 Å². The van der Waals surface area contributed by atoms with Crippen LogP contribution >= 0.6 is 0 Å². The molecule has 29 heavy (non-hydrogen) atoms. The molecule has 0 radical (unpaired) electrons. The van der Waals surface area contributed by atoms with Gasteiger partial charge in [-0.25, -0.2) is 0 Å². The van der Waals surface area contributed by atoms with Gasteiger partial charge in [-0.15, -0.1) is 0 Å². The van der Waals surface area contributed by atoms with E-state index < -0.39 is 0 Å². The molecule has 156 valence electrons. The van der Waals surface area contributed by atoms with E-state index in [1.165, 1.54) is 11.1 Å². The molecular formula is C23H32N4O2. The van der Waals surface area contributed by atoms with Crippen LogP contribution in [-0.4, -0.2) is 64.4 Å². The van der Waals surface area contributed by atoms with Gasteiger partial charge in [0.2, 0.25) is 0 Å². The molecule has 2 aromatic rings. The van der Waals surface area contributed by atoms with E-state index in [2.05, 4.69) is 39.2 Å². The van der Waals surface area contributed by atoms with Crippen LogP contribution in [0.15, 0.2) is 30.5 Å². The van der Waals surface area contributed by atoms with Crippen LogP contribution < -0.4 is 0 Å². The van der Waals surface area contributed by atoms with E-state index in [0.29, 0.717) is 0 Å². The van der Waals surface area contributed by atoms with Crippen LogP contribution in [0, 0.1) is 6.92 Å². The maximum Gasteiger partial charge on any atom is 0.257 e. The van der Waals surface area contributed by atoms with Gasteiger partial charge >= 0.3 is 0 Å². The van der Waals surface area contributed by atoms with Crippen molar-refractivity contribution in [1.82, 2.24) is 19.6 Å². The second kappa shape index (κ2) is 9.09. The largest absolute Gasteiger partial charge is 0.381 e. The number of aromatic nitrogens is 2. The molecule has 1 aromatic carbocycles. The molecule has 0 N–H and O–H groups in total. The molecule has 6 heteroatoms. The van der Waals surface area contributed by atoms with Gasteiger partial charge in [-0.05, 0) is 43.7 Å². The molecule has 3 heterocycles. The summed E-state index contributed by atoms with van der Waals surface area (Å²) >= 11 is 0. The number of ether oxygens (including phenoxy) is 1.